The van der Waals surface area contributed by atoms with Crippen molar-refractivity contribution in [2.45, 2.75) is 18.9 Å². The SMILES string of the molecule is O=[N+](NOCCl)N1CCC[C@H]1CO. The number of hydrogen-bond acceptors (Lipinski definition) is 3. The highest BCUT2D eigenvalue weighted by Crippen LogP contribution is 2.15. The van der Waals surface area contributed by atoms with Crippen LogP contribution in [-0.2, 0) is 4.84 Å². The fraction of sp³-hybridized carbons (Fsp3) is 1.00. The van der Waals surface area contributed by atoms with Crippen LogP contribution in [0.3, 0.4) is 0 Å². The van der Waals surface area contributed by atoms with E-state index in [1.807, 2.05) is 0 Å². The Kier molecular flexibility index (Phi) is 4.20. The number of nitrogens with zero attached hydrogens (tertiary/aromatic N) is 2. The Morgan fingerprint density at radius 1 is 1.77 bits per heavy atom. The summed E-state index contributed by atoms with van der Waals surface area (Å²) in [6, 6.07) is -0.222. The van der Waals surface area contributed by atoms with Crippen molar-refractivity contribution in [2.24, 2.45) is 0 Å². The first-order valence-electron chi connectivity index (χ1n) is 4.07. The van der Waals surface area contributed by atoms with Gasteiger partial charge in [0, 0.05) is 5.59 Å². The number of halogens is 1. The zero-order valence-corrected chi connectivity index (χ0v) is 7.90. The van der Waals surface area contributed by atoms with Gasteiger partial charge in [-0.25, -0.2) is 4.84 Å². The fourth-order valence-electron chi connectivity index (χ4n) is 1.38. The number of alkyl halides is 1. The first kappa shape index (κ1) is 10.5. The zero-order chi connectivity index (χ0) is 9.68. The maximum absolute atomic E-state index is 11.2. The molecular weight excluding hydrogens is 198 g/mol. The fourth-order valence-corrected chi connectivity index (χ4v) is 1.43. The van der Waals surface area contributed by atoms with E-state index in [0.29, 0.717) is 11.5 Å². The molecular formula is C6H13ClN3O3+. The lowest BCUT2D eigenvalue weighted by atomic mass is 10.2. The number of hydrogen-bond donors (Lipinski definition) is 2. The van der Waals surface area contributed by atoms with Crippen LogP contribution in [0.5, 0.6) is 0 Å². The molecule has 0 saturated carbocycles. The van der Waals surface area contributed by atoms with Gasteiger partial charge in [-0.2, -0.15) is 0 Å². The van der Waals surface area contributed by atoms with Crippen LogP contribution in [0.2, 0.25) is 0 Å². The van der Waals surface area contributed by atoms with E-state index in [2.05, 4.69) is 10.4 Å². The molecule has 0 aromatic heterocycles. The van der Waals surface area contributed by atoms with Crippen molar-refractivity contribution < 1.29 is 14.9 Å². The van der Waals surface area contributed by atoms with Crippen LogP contribution in [0.25, 0.3) is 0 Å². The van der Waals surface area contributed by atoms with Crippen molar-refractivity contribution in [1.29, 1.82) is 0 Å². The minimum absolute atomic E-state index is 0.0265. The summed E-state index contributed by atoms with van der Waals surface area (Å²) in [5.74, 6) is 0. The molecule has 1 saturated heterocycles. The third-order valence-corrected chi connectivity index (χ3v) is 2.10. The summed E-state index contributed by atoms with van der Waals surface area (Å²) in [7, 11) is 0. The monoisotopic (exact) mass is 210 g/mol. The summed E-state index contributed by atoms with van der Waals surface area (Å²) in [5.41, 5.74) is 2.10. The summed E-state index contributed by atoms with van der Waals surface area (Å²) in [6.07, 6.45) is 1.71. The van der Waals surface area contributed by atoms with E-state index in [4.69, 9.17) is 16.7 Å². The van der Waals surface area contributed by atoms with Gasteiger partial charge in [0.05, 0.1) is 18.1 Å². The third kappa shape index (κ3) is 2.68. The molecule has 0 unspecified atom stereocenters. The first-order chi connectivity index (χ1) is 6.29. The number of aliphatic hydroxyl groups is 1. The molecule has 0 amide bonds. The number of hydrazine groups is 2. The van der Waals surface area contributed by atoms with Gasteiger partial charge in [0.25, 0.3) is 4.98 Å². The molecule has 2 N–H and O–H groups in total. The molecule has 1 aliphatic rings. The van der Waals surface area contributed by atoms with Crippen molar-refractivity contribution >= 4 is 11.6 Å². The van der Waals surface area contributed by atoms with Crippen molar-refractivity contribution in [3.05, 3.63) is 4.91 Å². The summed E-state index contributed by atoms with van der Waals surface area (Å²) >= 11 is 5.20. The molecule has 0 aromatic carbocycles. The van der Waals surface area contributed by atoms with Gasteiger partial charge in [-0.05, 0) is 12.8 Å². The minimum Gasteiger partial charge on any atom is -0.394 e. The van der Waals surface area contributed by atoms with Crippen LogP contribution < -0.4 is 5.59 Å². The number of rotatable bonds is 5. The van der Waals surface area contributed by atoms with Crippen LogP contribution in [-0.4, -0.2) is 40.4 Å². The second kappa shape index (κ2) is 5.21. The smallest absolute Gasteiger partial charge is 0.274 e. The van der Waals surface area contributed by atoms with Crippen molar-refractivity contribution in [1.82, 2.24) is 10.6 Å². The van der Waals surface area contributed by atoms with Crippen LogP contribution >= 0.6 is 11.6 Å². The average molecular weight is 211 g/mol. The van der Waals surface area contributed by atoms with E-state index in [0.717, 1.165) is 12.8 Å². The molecule has 0 aromatic rings. The minimum atomic E-state index is -0.121. The third-order valence-electron chi connectivity index (χ3n) is 1.99. The van der Waals surface area contributed by atoms with Gasteiger partial charge >= 0.3 is 0 Å². The molecule has 1 rings (SSSR count). The maximum atomic E-state index is 11.2. The van der Waals surface area contributed by atoms with Gasteiger partial charge in [-0.3, -0.25) is 0 Å². The van der Waals surface area contributed by atoms with Crippen LogP contribution in [0.1, 0.15) is 12.8 Å². The Morgan fingerprint density at radius 2 is 2.54 bits per heavy atom. The Labute approximate surface area is 80.9 Å². The summed E-state index contributed by atoms with van der Waals surface area (Å²) < 4.78 is 0. The van der Waals surface area contributed by atoms with Crippen LogP contribution in [0.4, 0.5) is 0 Å². The zero-order valence-electron chi connectivity index (χ0n) is 7.15. The lowest BCUT2D eigenvalue weighted by Crippen LogP contribution is -2.46. The van der Waals surface area contributed by atoms with Crippen molar-refractivity contribution in [3.63, 3.8) is 0 Å². The predicted molar refractivity (Wildman–Crippen MR) is 45.4 cm³/mol. The van der Waals surface area contributed by atoms with Gasteiger partial charge in [-0.1, -0.05) is 11.6 Å². The molecule has 1 aliphatic heterocycles. The van der Waals surface area contributed by atoms with E-state index in [-0.39, 0.29) is 18.7 Å². The second-order valence-electron chi connectivity index (χ2n) is 2.76. The Hall–Kier alpha value is -0.590. The van der Waals surface area contributed by atoms with E-state index >= 15 is 0 Å². The number of nitroso groups, excluding NO2 is 1. The van der Waals surface area contributed by atoms with Gasteiger partial charge in [0.15, 0.2) is 6.07 Å². The van der Waals surface area contributed by atoms with E-state index in [1.54, 1.807) is 0 Å². The van der Waals surface area contributed by atoms with Gasteiger partial charge < -0.3 is 5.11 Å². The molecule has 1 atom stereocenters. The lowest BCUT2D eigenvalue weighted by Gasteiger charge is -2.12. The molecule has 0 spiro atoms. The largest absolute Gasteiger partial charge is 0.394 e. The number of nitrogens with one attached hydrogen (secondary N) is 1. The maximum Gasteiger partial charge on any atom is 0.274 e. The first-order valence-corrected chi connectivity index (χ1v) is 4.61. The van der Waals surface area contributed by atoms with Gasteiger partial charge in [-0.15, -0.1) is 5.01 Å². The van der Waals surface area contributed by atoms with Gasteiger partial charge in [0.1, 0.15) is 6.04 Å². The highest BCUT2D eigenvalue weighted by Gasteiger charge is 2.34. The molecule has 1 heterocycles. The molecule has 76 valence electrons. The molecule has 0 aliphatic carbocycles. The predicted octanol–water partition coefficient (Wildman–Crippen LogP) is -0.231. The Bertz CT molecular complexity index is 181. The van der Waals surface area contributed by atoms with E-state index in [1.165, 1.54) is 5.01 Å². The lowest BCUT2D eigenvalue weighted by molar-refractivity contribution is -0.791. The Balaban J connectivity index is 2.36. The summed E-state index contributed by atoms with van der Waals surface area (Å²) in [6.45, 7) is 0.592. The highest BCUT2D eigenvalue weighted by atomic mass is 35.5. The molecule has 0 radical (unpaired) electrons. The summed E-state index contributed by atoms with van der Waals surface area (Å²) in [5, 5.41) is 10.4. The topological polar surface area (TPSA) is 64.8 Å². The van der Waals surface area contributed by atoms with Gasteiger partial charge in [0.2, 0.25) is 0 Å². The van der Waals surface area contributed by atoms with E-state index < -0.39 is 0 Å². The summed E-state index contributed by atoms with van der Waals surface area (Å²) in [4.78, 5) is 16.2. The van der Waals surface area contributed by atoms with Crippen molar-refractivity contribution in [3.8, 4) is 0 Å². The van der Waals surface area contributed by atoms with Crippen LogP contribution in [0.15, 0.2) is 0 Å². The standard InChI is InChI=1S/C6H13ClN3O3/c7-5-13-8-10(12)9-3-1-2-6(9)4-11/h6,11H,1-5H2,(H,8,12)/q+1/t6-/m0/s1. The highest BCUT2D eigenvalue weighted by molar-refractivity contribution is 6.17. The van der Waals surface area contributed by atoms with E-state index in [9.17, 15) is 4.91 Å². The van der Waals surface area contributed by atoms with Crippen molar-refractivity contribution in [2.75, 3.05) is 19.2 Å². The molecule has 1 fully saturated rings. The number of aliphatic hydroxyl groups excluding tert-OH is 1. The molecule has 0 bridgehead atoms. The molecule has 7 heteroatoms. The second-order valence-corrected chi connectivity index (χ2v) is 2.98. The molecule has 6 nitrogen and oxygen atoms in total. The Morgan fingerprint density at radius 3 is 3.15 bits per heavy atom. The average Bonchev–Trinajstić information content (AvgIpc) is 2.61. The quantitative estimate of drug-likeness (QED) is 0.373. The van der Waals surface area contributed by atoms with Crippen LogP contribution in [0, 0.1) is 4.91 Å². The normalized spacial score (nSPS) is 22.0. The molecule has 13 heavy (non-hydrogen) atoms.